The van der Waals surface area contributed by atoms with Gasteiger partial charge in [-0.25, -0.2) is 0 Å². The summed E-state index contributed by atoms with van der Waals surface area (Å²) in [6, 6.07) is -1.25. The van der Waals surface area contributed by atoms with E-state index < -0.39 is 41.3 Å². The minimum atomic E-state index is -0.765. The number of likely N-dealkylation sites (tertiary alicyclic amines) is 1. The highest BCUT2D eigenvalue weighted by atomic mass is 16.5. The molecule has 1 saturated heterocycles. The lowest BCUT2D eigenvalue weighted by Crippen LogP contribution is -2.55. The number of ether oxygens (including phenoxy) is 1. The number of carbonyl (C=O) groups excluding carboxylic acids is 3. The van der Waals surface area contributed by atoms with Crippen molar-refractivity contribution < 1.29 is 24.2 Å². The van der Waals surface area contributed by atoms with Crippen LogP contribution in [0.3, 0.4) is 0 Å². The lowest BCUT2D eigenvalue weighted by molar-refractivity contribution is -0.156. The number of nitrogens with one attached hydrogen (secondary N) is 1. The van der Waals surface area contributed by atoms with Gasteiger partial charge in [0, 0.05) is 11.5 Å². The molecule has 0 unspecified atom stereocenters. The maximum absolute atomic E-state index is 13.7. The Labute approximate surface area is 180 Å². The normalized spacial score (nSPS) is 29.7. The van der Waals surface area contributed by atoms with Crippen LogP contribution < -0.4 is 5.32 Å². The fourth-order valence-electron chi connectivity index (χ4n) is 4.80. The average molecular weight is 423 g/mol. The summed E-state index contributed by atoms with van der Waals surface area (Å²) in [6.07, 6.45) is 4.39. The summed E-state index contributed by atoms with van der Waals surface area (Å²) in [6.45, 7) is 13.4. The number of hydrogen-bond donors (Lipinski definition) is 2. The van der Waals surface area contributed by atoms with Crippen molar-refractivity contribution in [3.05, 3.63) is 12.2 Å². The molecule has 0 aromatic rings. The highest BCUT2D eigenvalue weighted by Gasteiger charge is 2.58. The summed E-state index contributed by atoms with van der Waals surface area (Å²) in [4.78, 5) is 41.3. The van der Waals surface area contributed by atoms with Crippen LogP contribution in [0.4, 0.5) is 0 Å². The zero-order valence-corrected chi connectivity index (χ0v) is 19.3. The van der Waals surface area contributed by atoms with Gasteiger partial charge in [0.1, 0.15) is 6.04 Å². The van der Waals surface area contributed by atoms with Gasteiger partial charge in [0.05, 0.1) is 31.1 Å². The minimum absolute atomic E-state index is 0.168. The van der Waals surface area contributed by atoms with Gasteiger partial charge in [0.2, 0.25) is 11.8 Å². The Hall–Kier alpha value is -1.89. The lowest BCUT2D eigenvalue weighted by atomic mass is 9.70. The van der Waals surface area contributed by atoms with Crippen LogP contribution in [0.25, 0.3) is 0 Å². The van der Waals surface area contributed by atoms with Gasteiger partial charge in [0.25, 0.3) is 0 Å². The second-order valence-electron chi connectivity index (χ2n) is 10.0. The molecular weight excluding hydrogens is 384 g/mol. The zero-order chi connectivity index (χ0) is 22.8. The fourth-order valence-corrected chi connectivity index (χ4v) is 4.80. The fraction of sp³-hybridized carbons (Fsp3) is 0.783. The van der Waals surface area contributed by atoms with Gasteiger partial charge in [-0.15, -0.1) is 0 Å². The second-order valence-corrected chi connectivity index (χ2v) is 10.0. The standard InChI is InChI=1S/C23H38N2O5/c1-8-30-22(29)17-14(4)9-10-16-18(17)21(28)25(15(12-26)11-13(2)3)19(16)20(27)24-23(5,6)7/h9-10,13-19,26H,8,11-12H2,1-7H3,(H,24,27)/t14-,15-,16+,17-,18+,19+/m1/s1. The van der Waals surface area contributed by atoms with Crippen molar-refractivity contribution in [3.8, 4) is 0 Å². The molecular formula is C23H38N2O5. The molecule has 7 nitrogen and oxygen atoms in total. The van der Waals surface area contributed by atoms with Crippen molar-refractivity contribution in [1.29, 1.82) is 0 Å². The van der Waals surface area contributed by atoms with Gasteiger partial charge in [-0.2, -0.15) is 0 Å². The minimum Gasteiger partial charge on any atom is -0.466 e. The number of allylic oxidation sites excluding steroid dienone is 1. The number of aliphatic hydroxyl groups excluding tert-OH is 1. The highest BCUT2D eigenvalue weighted by molar-refractivity contribution is 5.96. The smallest absolute Gasteiger partial charge is 0.310 e. The van der Waals surface area contributed by atoms with Crippen molar-refractivity contribution in [2.75, 3.05) is 13.2 Å². The number of hydrogen-bond acceptors (Lipinski definition) is 5. The van der Waals surface area contributed by atoms with Crippen LogP contribution in [-0.2, 0) is 19.1 Å². The molecule has 7 heteroatoms. The van der Waals surface area contributed by atoms with E-state index in [-0.39, 0.29) is 36.9 Å². The molecule has 2 amide bonds. The molecule has 6 atom stereocenters. The molecule has 1 fully saturated rings. The summed E-state index contributed by atoms with van der Waals surface area (Å²) < 4.78 is 5.28. The Morgan fingerprint density at radius 2 is 1.90 bits per heavy atom. The monoisotopic (exact) mass is 422 g/mol. The largest absolute Gasteiger partial charge is 0.466 e. The second kappa shape index (κ2) is 9.50. The third kappa shape index (κ3) is 5.05. The third-order valence-corrected chi connectivity index (χ3v) is 5.88. The summed E-state index contributed by atoms with van der Waals surface area (Å²) in [5, 5.41) is 13.1. The molecule has 2 N–H and O–H groups in total. The zero-order valence-electron chi connectivity index (χ0n) is 19.3. The molecule has 1 heterocycles. The van der Waals surface area contributed by atoms with Gasteiger partial charge in [0.15, 0.2) is 0 Å². The molecule has 0 aromatic heterocycles. The number of aliphatic hydroxyl groups is 1. The van der Waals surface area contributed by atoms with Crippen LogP contribution >= 0.6 is 0 Å². The molecule has 30 heavy (non-hydrogen) atoms. The molecule has 0 bridgehead atoms. The van der Waals surface area contributed by atoms with E-state index in [9.17, 15) is 19.5 Å². The Kier molecular flexibility index (Phi) is 7.72. The van der Waals surface area contributed by atoms with Crippen LogP contribution in [0, 0.1) is 29.6 Å². The van der Waals surface area contributed by atoms with Gasteiger partial charge in [-0.3, -0.25) is 14.4 Å². The number of rotatable bonds is 7. The van der Waals surface area contributed by atoms with Gasteiger partial charge >= 0.3 is 5.97 Å². The predicted molar refractivity (Wildman–Crippen MR) is 114 cm³/mol. The number of fused-ring (bicyclic) bond motifs is 1. The summed E-state index contributed by atoms with van der Waals surface area (Å²) in [5.74, 6) is -2.58. The molecule has 170 valence electrons. The van der Waals surface area contributed by atoms with Crippen molar-refractivity contribution in [1.82, 2.24) is 10.2 Å². The first-order chi connectivity index (χ1) is 13.9. The third-order valence-electron chi connectivity index (χ3n) is 5.88. The highest BCUT2D eigenvalue weighted by Crippen LogP contribution is 2.45. The molecule has 2 rings (SSSR count). The molecule has 0 aromatic carbocycles. The first-order valence-corrected chi connectivity index (χ1v) is 11.0. The first-order valence-electron chi connectivity index (χ1n) is 11.0. The van der Waals surface area contributed by atoms with E-state index in [0.29, 0.717) is 6.42 Å². The number of carbonyl (C=O) groups is 3. The van der Waals surface area contributed by atoms with Crippen molar-refractivity contribution in [3.63, 3.8) is 0 Å². The Balaban J connectivity index is 2.52. The van der Waals surface area contributed by atoms with E-state index in [2.05, 4.69) is 5.32 Å². The Bertz CT molecular complexity index is 682. The first kappa shape index (κ1) is 24.4. The van der Waals surface area contributed by atoms with Crippen molar-refractivity contribution in [2.24, 2.45) is 29.6 Å². The van der Waals surface area contributed by atoms with Crippen LogP contribution in [-0.4, -0.2) is 58.6 Å². The summed E-state index contributed by atoms with van der Waals surface area (Å²) in [7, 11) is 0. The van der Waals surface area contributed by atoms with E-state index in [4.69, 9.17) is 4.74 Å². The van der Waals surface area contributed by atoms with Gasteiger partial charge in [-0.1, -0.05) is 32.9 Å². The number of esters is 1. The molecule has 2 aliphatic rings. The average Bonchev–Trinajstić information content (AvgIpc) is 2.91. The maximum atomic E-state index is 13.7. The van der Waals surface area contributed by atoms with Crippen molar-refractivity contribution in [2.45, 2.75) is 72.5 Å². The van der Waals surface area contributed by atoms with E-state index >= 15 is 0 Å². The van der Waals surface area contributed by atoms with Crippen LogP contribution in [0.5, 0.6) is 0 Å². The SMILES string of the molecule is CCOC(=O)[C@H]1[C@H]2C(=O)N([C@@H](CO)CC(C)C)[C@H](C(=O)NC(C)(C)C)[C@H]2C=C[C@H]1C. The van der Waals surface area contributed by atoms with Gasteiger partial charge < -0.3 is 20.1 Å². The van der Waals surface area contributed by atoms with Crippen molar-refractivity contribution >= 4 is 17.8 Å². The summed E-state index contributed by atoms with van der Waals surface area (Å²) in [5.41, 5.74) is -0.469. The topological polar surface area (TPSA) is 95.9 Å². The Morgan fingerprint density at radius 1 is 1.27 bits per heavy atom. The maximum Gasteiger partial charge on any atom is 0.310 e. The van der Waals surface area contributed by atoms with Crippen LogP contribution in [0.15, 0.2) is 12.2 Å². The molecule has 0 saturated carbocycles. The van der Waals surface area contributed by atoms with E-state index in [1.54, 1.807) is 11.8 Å². The number of nitrogens with zero attached hydrogens (tertiary/aromatic N) is 1. The quantitative estimate of drug-likeness (QED) is 0.484. The lowest BCUT2D eigenvalue weighted by Gasteiger charge is -2.35. The van der Waals surface area contributed by atoms with E-state index in [1.807, 2.05) is 53.7 Å². The molecule has 1 aliphatic heterocycles. The van der Waals surface area contributed by atoms with Crippen LogP contribution in [0.1, 0.15) is 54.9 Å². The molecule has 0 spiro atoms. The van der Waals surface area contributed by atoms with Crippen LogP contribution in [0.2, 0.25) is 0 Å². The molecule has 1 aliphatic carbocycles. The van der Waals surface area contributed by atoms with E-state index in [0.717, 1.165) is 0 Å². The Morgan fingerprint density at radius 3 is 2.40 bits per heavy atom. The number of amides is 2. The van der Waals surface area contributed by atoms with Gasteiger partial charge in [-0.05, 0) is 46.0 Å². The molecule has 0 radical (unpaired) electrons. The predicted octanol–water partition coefficient (Wildman–Crippen LogP) is 2.14. The van der Waals surface area contributed by atoms with E-state index in [1.165, 1.54) is 0 Å². The summed E-state index contributed by atoms with van der Waals surface area (Å²) >= 11 is 0.